The fourth-order valence-electron chi connectivity index (χ4n) is 2.83. The Kier molecular flexibility index (Phi) is 5.44. The Hall–Kier alpha value is -0.610. The van der Waals surface area contributed by atoms with Crippen LogP contribution in [0, 0.1) is 11.6 Å². The predicted octanol–water partition coefficient (Wildman–Crippen LogP) is 4.16. The molecule has 0 saturated carbocycles. The first-order chi connectivity index (χ1) is 9.57. The van der Waals surface area contributed by atoms with Gasteiger partial charge in [-0.05, 0) is 57.0 Å². The lowest BCUT2D eigenvalue weighted by atomic mass is 9.90. The fraction of sp³-hybridized carbons (Fsp3) is 0.625. The summed E-state index contributed by atoms with van der Waals surface area (Å²) >= 11 is 1.93. The number of rotatable bonds is 6. The van der Waals surface area contributed by atoms with E-state index in [2.05, 4.69) is 19.2 Å². The van der Waals surface area contributed by atoms with Crippen molar-refractivity contribution in [3.8, 4) is 0 Å². The Balaban J connectivity index is 2.19. The molecule has 1 aromatic carbocycles. The summed E-state index contributed by atoms with van der Waals surface area (Å²) in [7, 11) is 0. The molecule has 2 atom stereocenters. The third kappa shape index (κ3) is 3.53. The first kappa shape index (κ1) is 15.8. The van der Waals surface area contributed by atoms with Crippen molar-refractivity contribution in [3.63, 3.8) is 0 Å². The highest BCUT2D eigenvalue weighted by Gasteiger charge is 2.38. The summed E-state index contributed by atoms with van der Waals surface area (Å²) < 4.78 is 27.8. The van der Waals surface area contributed by atoms with Crippen LogP contribution in [-0.4, -0.2) is 23.1 Å². The normalized spacial score (nSPS) is 24.0. The van der Waals surface area contributed by atoms with Crippen molar-refractivity contribution in [1.29, 1.82) is 0 Å². The second-order valence-corrected chi connectivity index (χ2v) is 7.31. The Bertz CT molecular complexity index is 424. The van der Waals surface area contributed by atoms with Gasteiger partial charge in [0.1, 0.15) is 11.6 Å². The number of hydrogen-bond donors (Lipinski definition) is 1. The molecule has 0 bridgehead atoms. The van der Waals surface area contributed by atoms with Crippen molar-refractivity contribution >= 4 is 11.8 Å². The SMILES string of the molecule is CCCNC(Cc1c(F)cccc1F)C1(C)CCCS1. The van der Waals surface area contributed by atoms with Crippen LogP contribution in [0.4, 0.5) is 8.78 Å². The second-order valence-electron chi connectivity index (χ2n) is 5.68. The molecule has 0 spiro atoms. The zero-order valence-electron chi connectivity index (χ0n) is 12.2. The van der Waals surface area contributed by atoms with Gasteiger partial charge in [-0.3, -0.25) is 0 Å². The number of thioether (sulfide) groups is 1. The van der Waals surface area contributed by atoms with E-state index in [1.54, 1.807) is 0 Å². The first-order valence-corrected chi connectivity index (χ1v) is 8.35. The minimum atomic E-state index is -0.431. The highest BCUT2D eigenvalue weighted by atomic mass is 32.2. The van der Waals surface area contributed by atoms with Crippen molar-refractivity contribution in [2.75, 3.05) is 12.3 Å². The van der Waals surface area contributed by atoms with Crippen LogP contribution in [0.15, 0.2) is 18.2 Å². The van der Waals surface area contributed by atoms with Gasteiger partial charge in [-0.15, -0.1) is 0 Å². The van der Waals surface area contributed by atoms with Crippen LogP contribution in [0.5, 0.6) is 0 Å². The molecule has 0 aliphatic carbocycles. The van der Waals surface area contributed by atoms with Gasteiger partial charge in [0.15, 0.2) is 0 Å². The molecule has 1 saturated heterocycles. The quantitative estimate of drug-likeness (QED) is 0.846. The van der Waals surface area contributed by atoms with Gasteiger partial charge in [0.05, 0.1) is 0 Å². The van der Waals surface area contributed by atoms with Gasteiger partial charge < -0.3 is 5.32 Å². The van der Waals surface area contributed by atoms with Crippen LogP contribution < -0.4 is 5.32 Å². The number of nitrogens with one attached hydrogen (secondary N) is 1. The number of halogens is 2. The molecule has 2 rings (SSSR count). The average Bonchev–Trinajstić information content (AvgIpc) is 2.85. The zero-order valence-corrected chi connectivity index (χ0v) is 13.0. The van der Waals surface area contributed by atoms with Crippen molar-refractivity contribution in [2.24, 2.45) is 0 Å². The molecule has 2 unspecified atom stereocenters. The van der Waals surface area contributed by atoms with Crippen LogP contribution in [0.2, 0.25) is 0 Å². The highest BCUT2D eigenvalue weighted by Crippen LogP contribution is 2.41. The summed E-state index contributed by atoms with van der Waals surface area (Å²) in [6.07, 6.45) is 3.74. The molecule has 20 heavy (non-hydrogen) atoms. The van der Waals surface area contributed by atoms with E-state index in [1.165, 1.54) is 24.6 Å². The van der Waals surface area contributed by atoms with E-state index in [-0.39, 0.29) is 16.4 Å². The van der Waals surface area contributed by atoms with E-state index in [1.807, 2.05) is 11.8 Å². The summed E-state index contributed by atoms with van der Waals surface area (Å²) in [6, 6.07) is 4.23. The fourth-order valence-corrected chi connectivity index (χ4v) is 4.24. The molecule has 1 aromatic rings. The largest absolute Gasteiger partial charge is 0.312 e. The molecule has 1 fully saturated rings. The molecule has 0 aromatic heterocycles. The molecule has 4 heteroatoms. The Labute approximate surface area is 124 Å². The monoisotopic (exact) mass is 299 g/mol. The molecule has 112 valence electrons. The summed E-state index contributed by atoms with van der Waals surface area (Å²) in [4.78, 5) is 0. The first-order valence-electron chi connectivity index (χ1n) is 7.37. The van der Waals surface area contributed by atoms with Crippen molar-refractivity contribution in [1.82, 2.24) is 5.32 Å². The van der Waals surface area contributed by atoms with Crippen molar-refractivity contribution < 1.29 is 8.78 Å². The lowest BCUT2D eigenvalue weighted by Crippen LogP contribution is -2.47. The molecule has 0 radical (unpaired) electrons. The average molecular weight is 299 g/mol. The standard InChI is InChI=1S/C16H23F2NS/c1-3-9-19-15(16(2)8-5-10-20-16)11-12-13(17)6-4-7-14(12)18/h4,6-7,15,19H,3,5,8-11H2,1-2H3. The van der Waals surface area contributed by atoms with E-state index in [9.17, 15) is 8.78 Å². The van der Waals surface area contributed by atoms with Crippen LogP contribution in [-0.2, 0) is 6.42 Å². The Morgan fingerprint density at radius 3 is 2.60 bits per heavy atom. The maximum Gasteiger partial charge on any atom is 0.129 e. The number of benzene rings is 1. The summed E-state index contributed by atoms with van der Waals surface area (Å²) in [5.74, 6) is 0.278. The Morgan fingerprint density at radius 2 is 2.05 bits per heavy atom. The molecule has 1 heterocycles. The van der Waals surface area contributed by atoms with Gasteiger partial charge in [0.25, 0.3) is 0 Å². The minimum absolute atomic E-state index is 0.0733. The highest BCUT2D eigenvalue weighted by molar-refractivity contribution is 8.00. The third-order valence-electron chi connectivity index (χ3n) is 4.10. The summed E-state index contributed by atoms with van der Waals surface area (Å²) in [5.41, 5.74) is 0.217. The lowest BCUT2D eigenvalue weighted by Gasteiger charge is -2.34. The molecule has 1 aliphatic heterocycles. The van der Waals surface area contributed by atoms with Gasteiger partial charge >= 0.3 is 0 Å². The predicted molar refractivity (Wildman–Crippen MR) is 82.2 cm³/mol. The van der Waals surface area contributed by atoms with E-state index < -0.39 is 11.6 Å². The molecule has 0 amide bonds. The van der Waals surface area contributed by atoms with E-state index >= 15 is 0 Å². The van der Waals surface area contributed by atoms with Crippen LogP contribution in [0.1, 0.15) is 38.7 Å². The van der Waals surface area contributed by atoms with Crippen molar-refractivity contribution in [2.45, 2.75) is 50.3 Å². The van der Waals surface area contributed by atoms with Gasteiger partial charge in [-0.1, -0.05) is 13.0 Å². The maximum absolute atomic E-state index is 13.9. The van der Waals surface area contributed by atoms with E-state index in [0.29, 0.717) is 6.42 Å². The summed E-state index contributed by atoms with van der Waals surface area (Å²) in [5, 5.41) is 3.50. The minimum Gasteiger partial charge on any atom is -0.312 e. The van der Waals surface area contributed by atoms with Crippen LogP contribution in [0.3, 0.4) is 0 Å². The third-order valence-corrected chi connectivity index (χ3v) is 5.74. The van der Waals surface area contributed by atoms with Crippen LogP contribution in [0.25, 0.3) is 0 Å². The van der Waals surface area contributed by atoms with Crippen molar-refractivity contribution in [3.05, 3.63) is 35.4 Å². The van der Waals surface area contributed by atoms with E-state index in [4.69, 9.17) is 0 Å². The maximum atomic E-state index is 13.9. The van der Waals surface area contributed by atoms with Gasteiger partial charge in [0, 0.05) is 16.4 Å². The Morgan fingerprint density at radius 1 is 1.35 bits per heavy atom. The van der Waals surface area contributed by atoms with E-state index in [0.717, 1.165) is 25.1 Å². The topological polar surface area (TPSA) is 12.0 Å². The second kappa shape index (κ2) is 6.90. The van der Waals surface area contributed by atoms with Crippen LogP contribution >= 0.6 is 11.8 Å². The number of hydrogen-bond acceptors (Lipinski definition) is 2. The smallest absolute Gasteiger partial charge is 0.129 e. The molecule has 1 N–H and O–H groups in total. The molecular formula is C16H23F2NS. The molecule has 1 nitrogen and oxygen atoms in total. The lowest BCUT2D eigenvalue weighted by molar-refractivity contribution is 0.388. The molecule has 1 aliphatic rings. The van der Waals surface area contributed by atoms with Gasteiger partial charge in [-0.25, -0.2) is 8.78 Å². The molecular weight excluding hydrogens is 276 g/mol. The zero-order chi connectivity index (χ0) is 14.6. The van der Waals surface area contributed by atoms with Gasteiger partial charge in [-0.2, -0.15) is 11.8 Å². The van der Waals surface area contributed by atoms with Gasteiger partial charge in [0.2, 0.25) is 0 Å². The summed E-state index contributed by atoms with van der Waals surface area (Å²) in [6.45, 7) is 5.21.